The minimum Gasteiger partial charge on any atom is -0.464 e. The maximum atomic E-state index is 11.4. The molecule has 0 amide bonds. The molecule has 104 valence electrons. The summed E-state index contributed by atoms with van der Waals surface area (Å²) in [5.74, 6) is -0.679. The molecule has 0 fully saturated rings. The lowest BCUT2D eigenvalue weighted by Crippen LogP contribution is -2.46. The number of hydrogen-bond acceptors (Lipinski definition) is 5. The van der Waals surface area contributed by atoms with Gasteiger partial charge in [0.1, 0.15) is 6.10 Å². The topological polar surface area (TPSA) is 65.0 Å². The summed E-state index contributed by atoms with van der Waals surface area (Å²) in [7, 11) is 0. The minimum absolute atomic E-state index is 0.229. The molecule has 5 heteroatoms. The van der Waals surface area contributed by atoms with Gasteiger partial charge in [-0.25, -0.2) is 4.79 Å². The standard InChI is InChI=1S/C13H22O5/c1-5-16-11(15)10(14)9-7-8-13(3,4)12(18-9)17-6-2/h7-10,12,14H,5-6H2,1-4H3/t9-,10+,12+/m0/s1. The Hall–Kier alpha value is -0.910. The Morgan fingerprint density at radius 2 is 2.11 bits per heavy atom. The lowest BCUT2D eigenvalue weighted by molar-refractivity contribution is -0.224. The normalized spacial score (nSPS) is 27.8. The Morgan fingerprint density at radius 1 is 1.44 bits per heavy atom. The van der Waals surface area contributed by atoms with E-state index in [1.54, 1.807) is 13.0 Å². The number of rotatable bonds is 5. The molecule has 1 aliphatic rings. The zero-order valence-electron chi connectivity index (χ0n) is 11.4. The van der Waals surface area contributed by atoms with Crippen LogP contribution in [0.4, 0.5) is 0 Å². The molecule has 0 bridgehead atoms. The van der Waals surface area contributed by atoms with Gasteiger partial charge in [0.2, 0.25) is 0 Å². The second kappa shape index (κ2) is 6.31. The van der Waals surface area contributed by atoms with Crippen LogP contribution in [0.3, 0.4) is 0 Å². The van der Waals surface area contributed by atoms with Gasteiger partial charge >= 0.3 is 5.97 Å². The molecule has 18 heavy (non-hydrogen) atoms. The third-order valence-electron chi connectivity index (χ3n) is 2.76. The molecule has 1 aliphatic heterocycles. The summed E-state index contributed by atoms with van der Waals surface area (Å²) in [5.41, 5.74) is -0.291. The van der Waals surface area contributed by atoms with Crippen molar-refractivity contribution in [3.8, 4) is 0 Å². The monoisotopic (exact) mass is 258 g/mol. The molecular formula is C13H22O5. The van der Waals surface area contributed by atoms with Crippen LogP contribution in [0, 0.1) is 5.41 Å². The number of hydrogen-bond donors (Lipinski definition) is 1. The third kappa shape index (κ3) is 3.54. The molecule has 0 unspecified atom stereocenters. The Kier molecular flexibility index (Phi) is 5.31. The Balaban J connectivity index is 2.72. The molecule has 0 aromatic rings. The molecule has 0 saturated heterocycles. The van der Waals surface area contributed by atoms with Crippen LogP contribution in [0.25, 0.3) is 0 Å². The van der Waals surface area contributed by atoms with Gasteiger partial charge in [-0.15, -0.1) is 0 Å². The van der Waals surface area contributed by atoms with Gasteiger partial charge in [0, 0.05) is 12.0 Å². The van der Waals surface area contributed by atoms with Crippen molar-refractivity contribution >= 4 is 5.97 Å². The van der Waals surface area contributed by atoms with E-state index in [0.29, 0.717) is 6.61 Å². The van der Waals surface area contributed by atoms with Crippen molar-refractivity contribution in [3.05, 3.63) is 12.2 Å². The van der Waals surface area contributed by atoms with E-state index >= 15 is 0 Å². The number of ether oxygens (including phenoxy) is 3. The first-order valence-corrected chi connectivity index (χ1v) is 6.23. The first kappa shape index (κ1) is 15.1. The highest BCUT2D eigenvalue weighted by Gasteiger charge is 2.38. The van der Waals surface area contributed by atoms with Gasteiger partial charge in [-0.1, -0.05) is 26.0 Å². The van der Waals surface area contributed by atoms with Crippen LogP contribution in [0.2, 0.25) is 0 Å². The van der Waals surface area contributed by atoms with Crippen LogP contribution >= 0.6 is 0 Å². The molecule has 0 saturated carbocycles. The van der Waals surface area contributed by atoms with Crippen molar-refractivity contribution in [1.29, 1.82) is 0 Å². The highest BCUT2D eigenvalue weighted by atomic mass is 16.7. The molecule has 3 atom stereocenters. The van der Waals surface area contributed by atoms with E-state index < -0.39 is 24.5 Å². The number of aliphatic hydroxyl groups excluding tert-OH is 1. The van der Waals surface area contributed by atoms with Crippen molar-refractivity contribution in [2.24, 2.45) is 5.41 Å². The molecule has 1 rings (SSSR count). The van der Waals surface area contributed by atoms with Crippen molar-refractivity contribution in [2.45, 2.75) is 46.2 Å². The van der Waals surface area contributed by atoms with Crippen molar-refractivity contribution in [3.63, 3.8) is 0 Å². The quantitative estimate of drug-likeness (QED) is 0.594. The molecule has 1 N–H and O–H groups in total. The maximum absolute atomic E-state index is 11.4. The lowest BCUT2D eigenvalue weighted by Gasteiger charge is -2.38. The molecule has 0 aromatic carbocycles. The van der Waals surface area contributed by atoms with E-state index in [1.165, 1.54) is 0 Å². The minimum atomic E-state index is -1.32. The van der Waals surface area contributed by atoms with Gasteiger partial charge in [-0.05, 0) is 13.8 Å². The highest BCUT2D eigenvalue weighted by molar-refractivity contribution is 5.75. The number of carbonyl (C=O) groups excluding carboxylic acids is 1. The van der Waals surface area contributed by atoms with Crippen LogP contribution in [0.15, 0.2) is 12.2 Å². The molecule has 5 nitrogen and oxygen atoms in total. The van der Waals surface area contributed by atoms with Gasteiger partial charge in [0.15, 0.2) is 12.4 Å². The summed E-state index contributed by atoms with van der Waals surface area (Å²) in [6.07, 6.45) is 1.04. The Bertz CT molecular complexity index is 311. The van der Waals surface area contributed by atoms with E-state index in [0.717, 1.165) is 0 Å². The first-order chi connectivity index (χ1) is 8.42. The summed E-state index contributed by atoms with van der Waals surface area (Å²) in [5, 5.41) is 9.82. The number of aliphatic hydroxyl groups is 1. The molecule has 0 spiro atoms. The van der Waals surface area contributed by atoms with Gasteiger partial charge in [0.25, 0.3) is 0 Å². The van der Waals surface area contributed by atoms with E-state index in [2.05, 4.69) is 0 Å². The van der Waals surface area contributed by atoms with Crippen LogP contribution in [0.1, 0.15) is 27.7 Å². The van der Waals surface area contributed by atoms with Gasteiger partial charge < -0.3 is 19.3 Å². The van der Waals surface area contributed by atoms with Gasteiger partial charge in [-0.3, -0.25) is 0 Å². The average Bonchev–Trinajstić information content (AvgIpc) is 2.31. The fraction of sp³-hybridized carbons (Fsp3) is 0.769. The number of esters is 1. The van der Waals surface area contributed by atoms with E-state index in [9.17, 15) is 9.90 Å². The van der Waals surface area contributed by atoms with Crippen LogP contribution in [0.5, 0.6) is 0 Å². The molecule has 0 aromatic heterocycles. The van der Waals surface area contributed by atoms with Crippen LogP contribution in [-0.2, 0) is 19.0 Å². The maximum Gasteiger partial charge on any atom is 0.338 e. The predicted octanol–water partition coefficient (Wildman–Crippen LogP) is 1.25. The first-order valence-electron chi connectivity index (χ1n) is 6.23. The molecule has 0 radical (unpaired) electrons. The zero-order valence-corrected chi connectivity index (χ0v) is 11.4. The number of carbonyl (C=O) groups is 1. The SMILES string of the molecule is CCOC(=O)[C@H](O)[C@@H]1C=CC(C)(C)[C@H](OCC)O1. The molecular weight excluding hydrogens is 236 g/mol. The smallest absolute Gasteiger partial charge is 0.338 e. The average molecular weight is 258 g/mol. The van der Waals surface area contributed by atoms with Crippen molar-refractivity contribution in [2.75, 3.05) is 13.2 Å². The van der Waals surface area contributed by atoms with Crippen molar-refractivity contribution < 1.29 is 24.1 Å². The summed E-state index contributed by atoms with van der Waals surface area (Å²) in [6.45, 7) is 8.23. The second-order valence-electron chi connectivity index (χ2n) is 4.77. The highest BCUT2D eigenvalue weighted by Crippen LogP contribution is 2.32. The van der Waals surface area contributed by atoms with Gasteiger partial charge in [0.05, 0.1) is 6.61 Å². The predicted molar refractivity (Wildman–Crippen MR) is 65.8 cm³/mol. The van der Waals surface area contributed by atoms with Crippen LogP contribution < -0.4 is 0 Å². The second-order valence-corrected chi connectivity index (χ2v) is 4.77. The summed E-state index contributed by atoms with van der Waals surface area (Å²) in [6, 6.07) is 0. The summed E-state index contributed by atoms with van der Waals surface area (Å²) >= 11 is 0. The summed E-state index contributed by atoms with van der Waals surface area (Å²) in [4.78, 5) is 11.4. The fourth-order valence-electron chi connectivity index (χ4n) is 1.73. The Labute approximate surface area is 108 Å². The largest absolute Gasteiger partial charge is 0.464 e. The molecule has 0 aliphatic carbocycles. The Morgan fingerprint density at radius 3 is 2.67 bits per heavy atom. The van der Waals surface area contributed by atoms with Gasteiger partial charge in [-0.2, -0.15) is 0 Å². The lowest BCUT2D eigenvalue weighted by atomic mass is 9.88. The van der Waals surface area contributed by atoms with E-state index in [1.807, 2.05) is 26.8 Å². The van der Waals surface area contributed by atoms with Crippen LogP contribution in [-0.4, -0.2) is 42.8 Å². The molecule has 1 heterocycles. The fourth-order valence-corrected chi connectivity index (χ4v) is 1.73. The van der Waals surface area contributed by atoms with E-state index in [4.69, 9.17) is 14.2 Å². The third-order valence-corrected chi connectivity index (χ3v) is 2.76. The summed E-state index contributed by atoms with van der Waals surface area (Å²) < 4.78 is 15.9. The van der Waals surface area contributed by atoms with Crippen molar-refractivity contribution in [1.82, 2.24) is 0 Å². The zero-order chi connectivity index (χ0) is 13.8. The van der Waals surface area contributed by atoms with E-state index in [-0.39, 0.29) is 12.0 Å².